The van der Waals surface area contributed by atoms with Crippen LogP contribution in [0.3, 0.4) is 0 Å². The lowest BCUT2D eigenvalue weighted by atomic mass is 9.99. The van der Waals surface area contributed by atoms with Crippen molar-refractivity contribution in [3.05, 3.63) is 24.3 Å². The number of rotatable bonds is 40. The highest BCUT2D eigenvalue weighted by Crippen LogP contribution is 2.23. The van der Waals surface area contributed by atoms with Gasteiger partial charge in [-0.2, -0.15) is 0 Å². The third-order valence-corrected chi connectivity index (χ3v) is 11.5. The minimum Gasteiger partial charge on any atom is -0.394 e. The number of nitrogens with one attached hydrogen (secondary N) is 1. The van der Waals surface area contributed by atoms with Crippen molar-refractivity contribution in [2.24, 2.45) is 0 Å². The summed E-state index contributed by atoms with van der Waals surface area (Å²) in [5.74, 6) is -0.179. The molecule has 9 nitrogen and oxygen atoms in total. The topological polar surface area (TPSA) is 149 Å². The lowest BCUT2D eigenvalue weighted by Crippen LogP contribution is -2.60. The zero-order chi connectivity index (χ0) is 41.6. The van der Waals surface area contributed by atoms with Gasteiger partial charge in [-0.25, -0.2) is 0 Å². The lowest BCUT2D eigenvalue weighted by Gasteiger charge is -2.40. The average molecular weight is 810 g/mol. The second kappa shape index (κ2) is 38.8. The molecule has 1 rings (SSSR count). The first-order chi connectivity index (χ1) is 27.8. The Morgan fingerprint density at radius 3 is 1.42 bits per heavy atom. The molecule has 0 saturated carbocycles. The summed E-state index contributed by atoms with van der Waals surface area (Å²) in [7, 11) is 0. The Morgan fingerprint density at radius 2 is 0.982 bits per heavy atom. The van der Waals surface area contributed by atoms with Gasteiger partial charge in [0, 0.05) is 6.42 Å². The molecule has 1 heterocycles. The minimum absolute atomic E-state index is 0.179. The van der Waals surface area contributed by atoms with E-state index in [0.29, 0.717) is 6.42 Å². The van der Waals surface area contributed by atoms with Crippen LogP contribution in [-0.4, -0.2) is 87.5 Å². The molecule has 1 aliphatic rings. The number of hydrogen-bond donors (Lipinski definition) is 6. The molecule has 0 bridgehead atoms. The molecule has 0 aromatic heterocycles. The number of carbonyl (C=O) groups excluding carboxylic acids is 1. The van der Waals surface area contributed by atoms with Gasteiger partial charge in [0.1, 0.15) is 24.4 Å². The summed E-state index contributed by atoms with van der Waals surface area (Å²) in [6, 6.07) is -0.802. The van der Waals surface area contributed by atoms with E-state index in [1.54, 1.807) is 6.08 Å². The van der Waals surface area contributed by atoms with Crippen molar-refractivity contribution < 1.29 is 39.8 Å². The van der Waals surface area contributed by atoms with Gasteiger partial charge in [0.05, 0.1) is 25.4 Å². The van der Waals surface area contributed by atoms with E-state index in [-0.39, 0.29) is 12.5 Å². The van der Waals surface area contributed by atoms with Gasteiger partial charge in [-0.05, 0) is 44.9 Å². The van der Waals surface area contributed by atoms with Gasteiger partial charge in [-0.1, -0.05) is 192 Å². The fourth-order valence-corrected chi connectivity index (χ4v) is 7.62. The van der Waals surface area contributed by atoms with E-state index in [0.717, 1.165) is 38.5 Å². The van der Waals surface area contributed by atoms with Gasteiger partial charge >= 0.3 is 0 Å². The lowest BCUT2D eigenvalue weighted by molar-refractivity contribution is -0.302. The molecule has 0 radical (unpaired) electrons. The molecule has 336 valence electrons. The van der Waals surface area contributed by atoms with E-state index in [1.165, 1.54) is 161 Å². The third kappa shape index (κ3) is 29.5. The van der Waals surface area contributed by atoms with Crippen LogP contribution in [0.4, 0.5) is 0 Å². The van der Waals surface area contributed by atoms with E-state index < -0.39 is 49.5 Å². The second-order valence-corrected chi connectivity index (χ2v) is 16.9. The highest BCUT2D eigenvalue weighted by atomic mass is 16.7. The molecule has 0 aliphatic carbocycles. The Labute approximate surface area is 349 Å². The first-order valence-corrected chi connectivity index (χ1v) is 24.1. The molecule has 1 aliphatic heterocycles. The SMILES string of the molecule is CCCCCCCCCC/C=C\CCCCCCCCCCCC(=O)NC(COC1OC(CO)C(O)C(O)C1O)C(O)/C=C/CCCCCCCCCCCCC. The Balaban J connectivity index is 2.30. The second-order valence-electron chi connectivity index (χ2n) is 16.9. The summed E-state index contributed by atoms with van der Waals surface area (Å²) < 4.78 is 11.2. The number of hydrogen-bond acceptors (Lipinski definition) is 8. The Morgan fingerprint density at radius 1 is 0.579 bits per heavy atom. The summed E-state index contributed by atoms with van der Waals surface area (Å²) in [6.07, 6.45) is 39.3. The molecule has 0 spiro atoms. The molecular weight excluding hydrogens is 719 g/mol. The van der Waals surface area contributed by atoms with Crippen molar-refractivity contribution in [3.63, 3.8) is 0 Å². The van der Waals surface area contributed by atoms with Crippen molar-refractivity contribution in [2.75, 3.05) is 13.2 Å². The predicted molar refractivity (Wildman–Crippen MR) is 235 cm³/mol. The van der Waals surface area contributed by atoms with Crippen LogP contribution in [0.1, 0.15) is 219 Å². The summed E-state index contributed by atoms with van der Waals surface area (Å²) in [6.45, 7) is 3.77. The van der Waals surface area contributed by atoms with Gasteiger partial charge in [0.2, 0.25) is 5.91 Å². The third-order valence-electron chi connectivity index (χ3n) is 11.5. The van der Waals surface area contributed by atoms with Crippen molar-refractivity contribution in [1.29, 1.82) is 0 Å². The molecule has 1 amide bonds. The summed E-state index contributed by atoms with van der Waals surface area (Å²) >= 11 is 0. The van der Waals surface area contributed by atoms with Crippen LogP contribution in [0.2, 0.25) is 0 Å². The van der Waals surface area contributed by atoms with Gasteiger partial charge < -0.3 is 40.3 Å². The van der Waals surface area contributed by atoms with Gasteiger partial charge in [-0.3, -0.25) is 4.79 Å². The maximum Gasteiger partial charge on any atom is 0.220 e. The number of allylic oxidation sites excluding steroid dienone is 3. The number of carbonyl (C=O) groups is 1. The molecule has 0 aromatic rings. The van der Waals surface area contributed by atoms with Crippen LogP contribution < -0.4 is 5.32 Å². The predicted octanol–water partition coefficient (Wildman–Crippen LogP) is 10.3. The van der Waals surface area contributed by atoms with E-state index in [2.05, 4.69) is 31.3 Å². The highest BCUT2D eigenvalue weighted by Gasteiger charge is 2.44. The number of amides is 1. The Hall–Kier alpha value is -1.33. The van der Waals surface area contributed by atoms with Crippen LogP contribution in [0.25, 0.3) is 0 Å². The largest absolute Gasteiger partial charge is 0.394 e. The number of ether oxygens (including phenoxy) is 2. The van der Waals surface area contributed by atoms with Crippen LogP contribution in [0.5, 0.6) is 0 Å². The number of unbranched alkanes of at least 4 members (excludes halogenated alkanes) is 28. The van der Waals surface area contributed by atoms with Crippen molar-refractivity contribution in [2.45, 2.75) is 262 Å². The Kier molecular flexibility index (Phi) is 36.6. The minimum atomic E-state index is -1.56. The molecule has 7 atom stereocenters. The van der Waals surface area contributed by atoms with Gasteiger partial charge in [0.15, 0.2) is 6.29 Å². The maximum absolute atomic E-state index is 13.0. The van der Waals surface area contributed by atoms with Crippen LogP contribution in [0.15, 0.2) is 24.3 Å². The fraction of sp³-hybridized carbons (Fsp3) is 0.896. The zero-order valence-electron chi connectivity index (χ0n) is 36.9. The summed E-state index contributed by atoms with van der Waals surface area (Å²) in [5.41, 5.74) is 0. The van der Waals surface area contributed by atoms with Crippen LogP contribution in [0, 0.1) is 0 Å². The van der Waals surface area contributed by atoms with Gasteiger partial charge in [-0.15, -0.1) is 0 Å². The Bertz CT molecular complexity index is 945. The van der Waals surface area contributed by atoms with Crippen molar-refractivity contribution >= 4 is 5.91 Å². The van der Waals surface area contributed by atoms with E-state index in [9.17, 15) is 30.3 Å². The summed E-state index contributed by atoms with van der Waals surface area (Å²) in [5, 5.41) is 54.2. The van der Waals surface area contributed by atoms with E-state index >= 15 is 0 Å². The van der Waals surface area contributed by atoms with Crippen LogP contribution in [-0.2, 0) is 14.3 Å². The normalized spacial score (nSPS) is 21.1. The molecule has 7 unspecified atom stereocenters. The summed E-state index contributed by atoms with van der Waals surface area (Å²) in [4.78, 5) is 13.0. The molecule has 9 heteroatoms. The molecule has 1 fully saturated rings. The molecule has 6 N–H and O–H groups in total. The molecule has 57 heavy (non-hydrogen) atoms. The quantitative estimate of drug-likeness (QED) is 0.0265. The first-order valence-electron chi connectivity index (χ1n) is 24.1. The molecular formula is C48H91NO8. The van der Waals surface area contributed by atoms with E-state index in [1.807, 2.05) is 6.08 Å². The standard InChI is InChI=1S/C48H91NO8/c1-3-5-7-9-11-13-15-17-18-19-20-21-22-23-24-26-28-30-32-34-36-38-44(52)49-41(40-56-48-47(55)46(54)45(53)43(39-50)57-48)42(51)37-35-33-31-29-27-25-16-14-12-10-8-6-4-2/h19-20,35,37,41-43,45-48,50-51,53-55H,3-18,21-34,36,38-40H2,1-2H3,(H,49,52)/b20-19-,37-35+. The molecule has 0 aromatic carbocycles. The smallest absolute Gasteiger partial charge is 0.220 e. The first kappa shape index (κ1) is 53.7. The van der Waals surface area contributed by atoms with Crippen LogP contribution >= 0.6 is 0 Å². The highest BCUT2D eigenvalue weighted by molar-refractivity contribution is 5.76. The van der Waals surface area contributed by atoms with Crippen molar-refractivity contribution in [3.8, 4) is 0 Å². The fourth-order valence-electron chi connectivity index (χ4n) is 7.62. The van der Waals surface area contributed by atoms with E-state index in [4.69, 9.17) is 9.47 Å². The average Bonchev–Trinajstić information content (AvgIpc) is 3.21. The monoisotopic (exact) mass is 810 g/mol. The van der Waals surface area contributed by atoms with Gasteiger partial charge in [0.25, 0.3) is 0 Å². The zero-order valence-corrected chi connectivity index (χ0v) is 36.9. The number of aliphatic hydroxyl groups is 5. The maximum atomic E-state index is 13.0. The number of aliphatic hydroxyl groups excluding tert-OH is 5. The molecule has 1 saturated heterocycles. The van der Waals surface area contributed by atoms with Crippen molar-refractivity contribution in [1.82, 2.24) is 5.32 Å².